The molecule has 0 spiro atoms. The van der Waals surface area contributed by atoms with Gasteiger partial charge in [0.2, 0.25) is 5.91 Å². The van der Waals surface area contributed by atoms with Gasteiger partial charge in [-0.2, -0.15) is 5.26 Å². The van der Waals surface area contributed by atoms with Crippen molar-refractivity contribution in [2.45, 2.75) is 19.0 Å². The predicted octanol–water partition coefficient (Wildman–Crippen LogP) is 0.844. The molecule has 1 fully saturated rings. The zero-order valence-corrected chi connectivity index (χ0v) is 9.47. The van der Waals surface area contributed by atoms with Crippen molar-refractivity contribution in [1.82, 2.24) is 4.90 Å². The molecule has 17 heavy (non-hydrogen) atoms. The summed E-state index contributed by atoms with van der Waals surface area (Å²) in [6.45, 7) is 1.37. The minimum Gasteiger partial charge on any atom is -0.368 e. The van der Waals surface area contributed by atoms with Gasteiger partial charge in [-0.1, -0.05) is 30.3 Å². The Morgan fingerprint density at radius 1 is 1.47 bits per heavy atom. The third kappa shape index (κ3) is 2.45. The second kappa shape index (κ2) is 4.98. The molecule has 1 radical (unpaired) electrons. The van der Waals surface area contributed by atoms with E-state index in [0.717, 1.165) is 5.56 Å². The summed E-state index contributed by atoms with van der Waals surface area (Å²) in [7, 11) is 0. The second-order valence-corrected chi connectivity index (χ2v) is 4.15. The van der Waals surface area contributed by atoms with Crippen LogP contribution in [0.25, 0.3) is 0 Å². The van der Waals surface area contributed by atoms with Gasteiger partial charge in [-0.3, -0.25) is 9.69 Å². The first-order chi connectivity index (χ1) is 8.22. The van der Waals surface area contributed by atoms with Gasteiger partial charge in [0.25, 0.3) is 0 Å². The van der Waals surface area contributed by atoms with Crippen molar-refractivity contribution in [3.05, 3.63) is 41.8 Å². The zero-order valence-electron chi connectivity index (χ0n) is 9.47. The minimum absolute atomic E-state index is 0.435. The highest BCUT2D eigenvalue weighted by Crippen LogP contribution is 2.26. The van der Waals surface area contributed by atoms with Gasteiger partial charge < -0.3 is 5.73 Å². The Bertz CT molecular complexity index is 438. The molecule has 2 N–H and O–H groups in total. The number of nitriles is 1. The Morgan fingerprint density at radius 3 is 2.76 bits per heavy atom. The van der Waals surface area contributed by atoms with Crippen molar-refractivity contribution < 1.29 is 4.79 Å². The van der Waals surface area contributed by atoms with E-state index in [1.807, 2.05) is 35.2 Å². The van der Waals surface area contributed by atoms with Gasteiger partial charge in [-0.05, 0) is 12.0 Å². The molecular weight excluding hydrogens is 214 g/mol. The van der Waals surface area contributed by atoms with Crippen LogP contribution in [-0.2, 0) is 11.3 Å². The first-order valence-electron chi connectivity index (χ1n) is 5.55. The van der Waals surface area contributed by atoms with Crippen LogP contribution in [0.1, 0.15) is 12.0 Å². The van der Waals surface area contributed by atoms with Crippen LogP contribution in [0.15, 0.2) is 30.3 Å². The van der Waals surface area contributed by atoms with E-state index in [1.165, 1.54) is 0 Å². The summed E-state index contributed by atoms with van der Waals surface area (Å²) in [6.07, 6.45) is 0.636. The molecule has 2 rings (SSSR count). The number of likely N-dealkylation sites (tertiary alicyclic amines) is 1. The van der Waals surface area contributed by atoms with Crippen LogP contribution in [0.5, 0.6) is 0 Å². The molecule has 4 heteroatoms. The SMILES string of the molecule is N#C[C]1CCN(Cc2ccccc2)C1C(N)=O. The smallest absolute Gasteiger partial charge is 0.236 e. The zero-order chi connectivity index (χ0) is 12.3. The van der Waals surface area contributed by atoms with Crippen molar-refractivity contribution in [3.63, 3.8) is 0 Å². The number of nitrogens with two attached hydrogens (primary N) is 1. The van der Waals surface area contributed by atoms with E-state index in [9.17, 15) is 4.79 Å². The summed E-state index contributed by atoms with van der Waals surface area (Å²) in [6, 6.07) is 11.4. The molecule has 1 saturated heterocycles. The fourth-order valence-electron chi connectivity index (χ4n) is 2.21. The molecule has 4 nitrogen and oxygen atoms in total. The second-order valence-electron chi connectivity index (χ2n) is 4.15. The van der Waals surface area contributed by atoms with Gasteiger partial charge in [0.05, 0.1) is 6.07 Å². The predicted molar refractivity (Wildman–Crippen MR) is 63.3 cm³/mol. The number of hydrogen-bond acceptors (Lipinski definition) is 3. The molecule has 1 atom stereocenters. The molecular formula is C13H14N3O. The molecule has 1 aromatic carbocycles. The molecule has 1 aliphatic heterocycles. The Balaban J connectivity index is 2.11. The highest BCUT2D eigenvalue weighted by atomic mass is 16.1. The Labute approximate surface area is 101 Å². The van der Waals surface area contributed by atoms with Crippen LogP contribution >= 0.6 is 0 Å². The maximum Gasteiger partial charge on any atom is 0.236 e. The van der Waals surface area contributed by atoms with Gasteiger partial charge in [-0.15, -0.1) is 0 Å². The maximum atomic E-state index is 11.4. The number of carbonyl (C=O) groups is 1. The molecule has 0 saturated carbocycles. The van der Waals surface area contributed by atoms with E-state index in [1.54, 1.807) is 0 Å². The molecule has 1 heterocycles. The summed E-state index contributed by atoms with van der Waals surface area (Å²) in [5, 5.41) is 8.95. The van der Waals surface area contributed by atoms with E-state index in [-0.39, 0.29) is 0 Å². The van der Waals surface area contributed by atoms with Gasteiger partial charge >= 0.3 is 0 Å². The summed E-state index contributed by atoms with van der Waals surface area (Å²) in [5.74, 6) is 0.142. The summed E-state index contributed by atoms with van der Waals surface area (Å²) < 4.78 is 0. The van der Waals surface area contributed by atoms with E-state index < -0.39 is 11.9 Å². The number of benzene rings is 1. The maximum absolute atomic E-state index is 11.4. The molecule has 0 aliphatic carbocycles. The normalized spacial score (nSPS) is 21.2. The lowest BCUT2D eigenvalue weighted by Gasteiger charge is -2.22. The fourth-order valence-corrected chi connectivity index (χ4v) is 2.21. The molecule has 1 unspecified atom stereocenters. The average molecular weight is 228 g/mol. The van der Waals surface area contributed by atoms with Crippen molar-refractivity contribution in [1.29, 1.82) is 5.26 Å². The van der Waals surface area contributed by atoms with Crippen LogP contribution in [0.3, 0.4) is 0 Å². The van der Waals surface area contributed by atoms with E-state index in [4.69, 9.17) is 11.0 Å². The summed E-state index contributed by atoms with van der Waals surface area (Å²) in [4.78, 5) is 13.3. The van der Waals surface area contributed by atoms with E-state index in [2.05, 4.69) is 6.07 Å². The van der Waals surface area contributed by atoms with Crippen molar-refractivity contribution in [3.8, 4) is 6.07 Å². The number of primary amides is 1. The summed E-state index contributed by atoms with van der Waals surface area (Å²) in [5.41, 5.74) is 6.48. The Morgan fingerprint density at radius 2 is 2.18 bits per heavy atom. The topological polar surface area (TPSA) is 70.1 Å². The van der Waals surface area contributed by atoms with Gasteiger partial charge in [0.1, 0.15) is 12.0 Å². The number of hydrogen-bond donors (Lipinski definition) is 1. The van der Waals surface area contributed by atoms with Crippen LogP contribution in [0.4, 0.5) is 0 Å². The van der Waals surface area contributed by atoms with Gasteiger partial charge in [0.15, 0.2) is 0 Å². The van der Waals surface area contributed by atoms with E-state index in [0.29, 0.717) is 25.4 Å². The molecule has 0 bridgehead atoms. The van der Waals surface area contributed by atoms with Crippen molar-refractivity contribution in [2.75, 3.05) is 6.54 Å². The Hall–Kier alpha value is -1.86. The lowest BCUT2D eigenvalue weighted by atomic mass is 10.0. The first kappa shape index (κ1) is 11.6. The van der Waals surface area contributed by atoms with Crippen LogP contribution < -0.4 is 5.73 Å². The van der Waals surface area contributed by atoms with Crippen LogP contribution in [0.2, 0.25) is 0 Å². The monoisotopic (exact) mass is 228 g/mol. The standard InChI is InChI=1S/C13H14N3O/c14-8-11-6-7-16(12(11)13(15)17)9-10-4-2-1-3-5-10/h1-5,12H,6-7,9H2,(H2,15,17). The number of amides is 1. The highest BCUT2D eigenvalue weighted by Gasteiger charge is 2.38. The van der Waals surface area contributed by atoms with Crippen molar-refractivity contribution in [2.24, 2.45) is 5.73 Å². The number of nitrogens with zero attached hydrogens (tertiary/aromatic N) is 2. The Kier molecular flexibility index (Phi) is 3.40. The van der Waals surface area contributed by atoms with Gasteiger partial charge in [0, 0.05) is 13.1 Å². The fraction of sp³-hybridized carbons (Fsp3) is 0.308. The number of carbonyl (C=O) groups excluding carboxylic acids is 1. The van der Waals surface area contributed by atoms with Crippen LogP contribution in [-0.4, -0.2) is 23.4 Å². The third-order valence-corrected chi connectivity index (χ3v) is 3.01. The quantitative estimate of drug-likeness (QED) is 0.833. The molecule has 0 aromatic heterocycles. The van der Waals surface area contributed by atoms with Crippen molar-refractivity contribution >= 4 is 5.91 Å². The van der Waals surface area contributed by atoms with Gasteiger partial charge in [-0.25, -0.2) is 0 Å². The van der Waals surface area contributed by atoms with Crippen LogP contribution in [0, 0.1) is 17.2 Å². The summed E-state index contributed by atoms with van der Waals surface area (Å²) >= 11 is 0. The number of rotatable bonds is 3. The molecule has 1 amide bonds. The average Bonchev–Trinajstić information content (AvgIpc) is 2.73. The molecule has 1 aliphatic rings. The lowest BCUT2D eigenvalue weighted by molar-refractivity contribution is -0.121. The minimum atomic E-state index is -0.528. The van der Waals surface area contributed by atoms with E-state index >= 15 is 0 Å². The third-order valence-electron chi connectivity index (χ3n) is 3.01. The first-order valence-corrected chi connectivity index (χ1v) is 5.55. The highest BCUT2D eigenvalue weighted by molar-refractivity contribution is 5.84. The largest absolute Gasteiger partial charge is 0.368 e. The molecule has 1 aromatic rings. The molecule has 87 valence electrons. The lowest BCUT2D eigenvalue weighted by Crippen LogP contribution is -2.42.